The molecule has 5 heteroatoms. The van der Waals surface area contributed by atoms with E-state index in [0.29, 0.717) is 13.0 Å². The lowest BCUT2D eigenvalue weighted by molar-refractivity contribution is 0.691. The number of benzene rings is 1. The Balaban J connectivity index is 2.19. The fourth-order valence-corrected chi connectivity index (χ4v) is 1.91. The van der Waals surface area contributed by atoms with Gasteiger partial charge in [0.05, 0.1) is 0 Å². The maximum Gasteiger partial charge on any atom is 0.155 e. The number of rotatable bonds is 4. The molecule has 90 valence electrons. The van der Waals surface area contributed by atoms with Gasteiger partial charge in [0.15, 0.2) is 5.82 Å². The van der Waals surface area contributed by atoms with Crippen LogP contribution < -0.4 is 5.73 Å². The number of hydrogen-bond donors (Lipinski definition) is 1. The highest BCUT2D eigenvalue weighted by molar-refractivity contribution is 6.31. The third kappa shape index (κ3) is 2.84. The van der Waals surface area contributed by atoms with Gasteiger partial charge < -0.3 is 5.73 Å². The second-order valence-electron chi connectivity index (χ2n) is 3.87. The van der Waals surface area contributed by atoms with Crippen LogP contribution in [0.2, 0.25) is 5.02 Å². The van der Waals surface area contributed by atoms with Gasteiger partial charge in [0.25, 0.3) is 0 Å². The maximum atomic E-state index is 6.10. The molecule has 0 saturated carbocycles. The van der Waals surface area contributed by atoms with Crippen LogP contribution in [0.4, 0.5) is 0 Å². The van der Waals surface area contributed by atoms with Crippen molar-refractivity contribution in [2.24, 2.45) is 12.8 Å². The summed E-state index contributed by atoms with van der Waals surface area (Å²) in [6.07, 6.45) is 1.39. The molecule has 0 aliphatic heterocycles. The van der Waals surface area contributed by atoms with Crippen molar-refractivity contribution in [2.45, 2.75) is 12.8 Å². The lowest BCUT2D eigenvalue weighted by Gasteiger charge is -1.99. The molecule has 1 aromatic heterocycles. The van der Waals surface area contributed by atoms with Crippen LogP contribution in [-0.2, 0) is 19.9 Å². The summed E-state index contributed by atoms with van der Waals surface area (Å²) in [5, 5.41) is 5.11. The molecule has 0 spiro atoms. The summed E-state index contributed by atoms with van der Waals surface area (Å²) in [5.74, 6) is 1.69. The molecule has 0 saturated heterocycles. The molecular weight excluding hydrogens is 236 g/mol. The molecule has 2 rings (SSSR count). The summed E-state index contributed by atoms with van der Waals surface area (Å²) < 4.78 is 1.78. The van der Waals surface area contributed by atoms with Crippen LogP contribution in [0, 0.1) is 0 Å². The van der Waals surface area contributed by atoms with Crippen LogP contribution in [0.1, 0.15) is 17.2 Å². The molecule has 0 aliphatic carbocycles. The lowest BCUT2D eigenvalue weighted by atomic mass is 10.1. The van der Waals surface area contributed by atoms with Gasteiger partial charge in [0.2, 0.25) is 0 Å². The number of halogens is 1. The van der Waals surface area contributed by atoms with Gasteiger partial charge in [-0.25, -0.2) is 4.98 Å². The first kappa shape index (κ1) is 12.1. The molecule has 1 aromatic carbocycles. The Morgan fingerprint density at radius 3 is 2.82 bits per heavy atom. The van der Waals surface area contributed by atoms with Crippen molar-refractivity contribution in [3.63, 3.8) is 0 Å². The van der Waals surface area contributed by atoms with Crippen molar-refractivity contribution >= 4 is 11.6 Å². The molecule has 1 heterocycles. The molecule has 2 N–H and O–H groups in total. The average Bonchev–Trinajstić information content (AvgIpc) is 2.63. The minimum atomic E-state index is 0.581. The zero-order chi connectivity index (χ0) is 12.3. The van der Waals surface area contributed by atoms with Gasteiger partial charge in [-0.2, -0.15) is 5.10 Å². The third-order valence-electron chi connectivity index (χ3n) is 2.57. The number of aromatic nitrogens is 3. The number of aryl methyl sites for hydroxylation is 1. The molecule has 0 amide bonds. The quantitative estimate of drug-likeness (QED) is 0.896. The molecule has 2 aromatic rings. The zero-order valence-corrected chi connectivity index (χ0v) is 10.5. The van der Waals surface area contributed by atoms with E-state index in [-0.39, 0.29) is 0 Å². The standard InChI is InChI=1S/C12H15ClN4/c1-17-12(6-7-14)15-11(16-17)8-9-4-2-3-5-10(9)13/h2-5H,6-8,14H2,1H3. The Morgan fingerprint density at radius 2 is 2.12 bits per heavy atom. The molecule has 0 unspecified atom stereocenters. The van der Waals surface area contributed by atoms with E-state index >= 15 is 0 Å². The smallest absolute Gasteiger partial charge is 0.155 e. The molecule has 4 nitrogen and oxygen atoms in total. The fourth-order valence-electron chi connectivity index (χ4n) is 1.71. The molecular formula is C12H15ClN4. The lowest BCUT2D eigenvalue weighted by Crippen LogP contribution is -2.08. The van der Waals surface area contributed by atoms with Crippen LogP contribution in [0.25, 0.3) is 0 Å². The first-order valence-corrected chi connectivity index (χ1v) is 5.90. The summed E-state index contributed by atoms with van der Waals surface area (Å²) in [6, 6.07) is 7.74. The highest BCUT2D eigenvalue weighted by Crippen LogP contribution is 2.17. The van der Waals surface area contributed by atoms with Crippen molar-refractivity contribution in [1.29, 1.82) is 0 Å². The summed E-state index contributed by atoms with van der Waals surface area (Å²) in [4.78, 5) is 4.45. The van der Waals surface area contributed by atoms with Crippen molar-refractivity contribution in [1.82, 2.24) is 14.8 Å². The predicted molar refractivity (Wildman–Crippen MR) is 68.0 cm³/mol. The van der Waals surface area contributed by atoms with Gasteiger partial charge in [-0.05, 0) is 18.2 Å². The highest BCUT2D eigenvalue weighted by atomic mass is 35.5. The molecule has 0 bridgehead atoms. The Hall–Kier alpha value is -1.39. The fraction of sp³-hybridized carbons (Fsp3) is 0.333. The Kier molecular flexibility index (Phi) is 3.76. The van der Waals surface area contributed by atoms with E-state index in [4.69, 9.17) is 17.3 Å². The molecule has 0 radical (unpaired) electrons. The van der Waals surface area contributed by atoms with Crippen LogP contribution >= 0.6 is 11.6 Å². The summed E-state index contributed by atoms with van der Waals surface area (Å²) in [5.41, 5.74) is 6.55. The Morgan fingerprint density at radius 1 is 1.35 bits per heavy atom. The van der Waals surface area contributed by atoms with E-state index in [9.17, 15) is 0 Å². The summed E-state index contributed by atoms with van der Waals surface area (Å²) in [6.45, 7) is 0.581. The highest BCUT2D eigenvalue weighted by Gasteiger charge is 2.08. The van der Waals surface area contributed by atoms with Gasteiger partial charge in [-0.1, -0.05) is 29.8 Å². The zero-order valence-electron chi connectivity index (χ0n) is 9.73. The van der Waals surface area contributed by atoms with Crippen LogP contribution in [0.5, 0.6) is 0 Å². The van der Waals surface area contributed by atoms with Gasteiger partial charge >= 0.3 is 0 Å². The van der Waals surface area contributed by atoms with E-state index < -0.39 is 0 Å². The molecule has 0 atom stereocenters. The van der Waals surface area contributed by atoms with E-state index in [0.717, 1.165) is 28.7 Å². The average molecular weight is 251 g/mol. The van der Waals surface area contributed by atoms with Crippen LogP contribution in [-0.4, -0.2) is 21.3 Å². The van der Waals surface area contributed by atoms with Gasteiger partial charge in [-0.15, -0.1) is 0 Å². The second-order valence-corrected chi connectivity index (χ2v) is 4.28. The monoisotopic (exact) mass is 250 g/mol. The van der Waals surface area contributed by atoms with Gasteiger partial charge in [0, 0.05) is 24.9 Å². The van der Waals surface area contributed by atoms with Gasteiger partial charge in [-0.3, -0.25) is 4.68 Å². The van der Waals surface area contributed by atoms with E-state index in [1.807, 2.05) is 31.3 Å². The normalized spacial score (nSPS) is 10.8. The molecule has 0 fully saturated rings. The van der Waals surface area contributed by atoms with Crippen molar-refractivity contribution in [3.8, 4) is 0 Å². The minimum Gasteiger partial charge on any atom is -0.330 e. The van der Waals surface area contributed by atoms with Crippen molar-refractivity contribution in [3.05, 3.63) is 46.5 Å². The van der Waals surface area contributed by atoms with E-state index in [2.05, 4.69) is 10.1 Å². The topological polar surface area (TPSA) is 56.7 Å². The number of nitrogens with two attached hydrogens (primary N) is 1. The number of nitrogens with zero attached hydrogens (tertiary/aromatic N) is 3. The van der Waals surface area contributed by atoms with E-state index in [1.54, 1.807) is 4.68 Å². The minimum absolute atomic E-state index is 0.581. The first-order chi connectivity index (χ1) is 8.20. The Labute approximate surface area is 105 Å². The van der Waals surface area contributed by atoms with Crippen LogP contribution in [0.3, 0.4) is 0 Å². The van der Waals surface area contributed by atoms with Crippen LogP contribution in [0.15, 0.2) is 24.3 Å². The number of hydrogen-bond acceptors (Lipinski definition) is 3. The molecule has 17 heavy (non-hydrogen) atoms. The Bertz CT molecular complexity index is 507. The predicted octanol–water partition coefficient (Wildman–Crippen LogP) is 1.56. The first-order valence-electron chi connectivity index (χ1n) is 5.53. The van der Waals surface area contributed by atoms with Gasteiger partial charge in [0.1, 0.15) is 5.82 Å². The van der Waals surface area contributed by atoms with E-state index in [1.165, 1.54) is 0 Å². The maximum absolute atomic E-state index is 6.10. The largest absolute Gasteiger partial charge is 0.330 e. The second kappa shape index (κ2) is 5.29. The molecule has 0 aliphatic rings. The third-order valence-corrected chi connectivity index (χ3v) is 2.94. The summed E-state index contributed by atoms with van der Waals surface area (Å²) in [7, 11) is 1.88. The van der Waals surface area contributed by atoms with Crippen molar-refractivity contribution in [2.75, 3.05) is 6.54 Å². The van der Waals surface area contributed by atoms with Crippen molar-refractivity contribution < 1.29 is 0 Å². The summed E-state index contributed by atoms with van der Waals surface area (Å²) >= 11 is 6.10. The SMILES string of the molecule is Cn1nc(Cc2ccccc2Cl)nc1CCN.